The maximum Gasteiger partial charge on any atom is 0.303 e. The summed E-state index contributed by atoms with van der Waals surface area (Å²) in [5, 5.41) is 12.8. The summed E-state index contributed by atoms with van der Waals surface area (Å²) in [5.41, 5.74) is 0. The Morgan fingerprint density at radius 3 is 2.43 bits per heavy atom. The van der Waals surface area contributed by atoms with Gasteiger partial charge in [-0.15, -0.1) is 0 Å². The minimum Gasteiger partial charge on any atom is -0.481 e. The van der Waals surface area contributed by atoms with Crippen molar-refractivity contribution in [2.75, 3.05) is 13.1 Å². The van der Waals surface area contributed by atoms with Gasteiger partial charge in [-0.1, -0.05) is 19.3 Å². The molecule has 0 aromatic rings. The van der Waals surface area contributed by atoms with Gasteiger partial charge in [-0.05, 0) is 44.4 Å². The Bertz CT molecular complexity index is 351. The highest BCUT2D eigenvalue weighted by molar-refractivity contribution is 5.66. The lowest BCUT2D eigenvalue weighted by Crippen LogP contribution is -2.55. The summed E-state index contributed by atoms with van der Waals surface area (Å²) >= 11 is 0. The average molecular weight is 294 g/mol. The maximum absolute atomic E-state index is 10.9. The summed E-state index contributed by atoms with van der Waals surface area (Å²) < 4.78 is 0. The predicted octanol–water partition coefficient (Wildman–Crippen LogP) is 2.63. The zero-order chi connectivity index (χ0) is 14.7. The average Bonchev–Trinajstić information content (AvgIpc) is 2.87. The molecule has 4 heteroatoms. The lowest BCUT2D eigenvalue weighted by Gasteiger charge is -2.46. The normalized spacial score (nSPS) is 32.2. The number of piperidine rings is 1. The molecule has 2 aliphatic carbocycles. The van der Waals surface area contributed by atoms with Crippen LogP contribution in [-0.4, -0.2) is 47.2 Å². The van der Waals surface area contributed by atoms with E-state index in [0.29, 0.717) is 18.4 Å². The van der Waals surface area contributed by atoms with Crippen molar-refractivity contribution < 1.29 is 9.90 Å². The highest BCUT2D eigenvalue weighted by Gasteiger charge is 2.34. The molecule has 3 rings (SSSR count). The van der Waals surface area contributed by atoms with Gasteiger partial charge in [0.15, 0.2) is 0 Å². The molecule has 0 amide bonds. The minimum atomic E-state index is -0.643. The van der Waals surface area contributed by atoms with Crippen LogP contribution in [-0.2, 0) is 4.79 Å². The Labute approximate surface area is 128 Å². The fourth-order valence-electron chi connectivity index (χ4n) is 4.37. The van der Waals surface area contributed by atoms with E-state index in [1.54, 1.807) is 0 Å². The molecule has 0 spiro atoms. The number of carboxylic acids is 1. The zero-order valence-corrected chi connectivity index (χ0v) is 13.1. The van der Waals surface area contributed by atoms with Crippen LogP contribution < -0.4 is 5.32 Å². The summed E-state index contributed by atoms with van der Waals surface area (Å²) in [6.07, 6.45) is 11.8. The second-order valence-corrected chi connectivity index (χ2v) is 7.42. The van der Waals surface area contributed by atoms with Crippen molar-refractivity contribution in [1.82, 2.24) is 10.2 Å². The fourth-order valence-corrected chi connectivity index (χ4v) is 4.37. The topological polar surface area (TPSA) is 52.6 Å². The van der Waals surface area contributed by atoms with Gasteiger partial charge >= 0.3 is 5.97 Å². The molecule has 2 atom stereocenters. The monoisotopic (exact) mass is 294 g/mol. The van der Waals surface area contributed by atoms with E-state index in [1.165, 1.54) is 57.9 Å². The largest absolute Gasteiger partial charge is 0.481 e. The molecule has 1 saturated heterocycles. The van der Waals surface area contributed by atoms with Crippen molar-refractivity contribution in [3.63, 3.8) is 0 Å². The molecule has 2 unspecified atom stereocenters. The van der Waals surface area contributed by atoms with Crippen molar-refractivity contribution in [2.45, 2.75) is 82.3 Å². The molecule has 3 fully saturated rings. The maximum atomic E-state index is 10.9. The lowest BCUT2D eigenvalue weighted by atomic mass is 9.84. The number of aliphatic carboxylic acids is 1. The number of nitrogens with zero attached hydrogens (tertiary/aromatic N) is 1. The van der Waals surface area contributed by atoms with E-state index in [2.05, 4.69) is 10.2 Å². The van der Waals surface area contributed by atoms with Crippen LogP contribution in [0.1, 0.15) is 64.2 Å². The van der Waals surface area contributed by atoms with Crippen LogP contribution in [0.3, 0.4) is 0 Å². The molecule has 1 aliphatic heterocycles. The van der Waals surface area contributed by atoms with Gasteiger partial charge < -0.3 is 10.4 Å². The summed E-state index contributed by atoms with van der Waals surface area (Å²) in [5.74, 6) is -0.0783. The standard InChI is InChI=1S/C17H30N2O2/c20-17(21)9-8-13-10-15(18-14-4-1-2-5-14)12-19(11-13)16-6-3-7-16/h13-16,18H,1-12H2,(H,20,21). The molecule has 0 aromatic heterocycles. The van der Waals surface area contributed by atoms with Crippen molar-refractivity contribution in [2.24, 2.45) is 5.92 Å². The van der Waals surface area contributed by atoms with Crippen LogP contribution in [0.2, 0.25) is 0 Å². The van der Waals surface area contributed by atoms with E-state index in [-0.39, 0.29) is 0 Å². The Hall–Kier alpha value is -0.610. The Morgan fingerprint density at radius 1 is 1.05 bits per heavy atom. The quantitative estimate of drug-likeness (QED) is 0.791. The van der Waals surface area contributed by atoms with Crippen molar-refractivity contribution in [3.05, 3.63) is 0 Å². The number of carbonyl (C=O) groups is 1. The third-order valence-electron chi connectivity index (χ3n) is 5.75. The molecule has 2 N–H and O–H groups in total. The molecule has 2 saturated carbocycles. The van der Waals surface area contributed by atoms with Gasteiger partial charge in [-0.2, -0.15) is 0 Å². The molecule has 0 aromatic carbocycles. The van der Waals surface area contributed by atoms with E-state index >= 15 is 0 Å². The first kappa shape index (κ1) is 15.3. The molecule has 21 heavy (non-hydrogen) atoms. The van der Waals surface area contributed by atoms with E-state index in [9.17, 15) is 4.79 Å². The van der Waals surface area contributed by atoms with Crippen LogP contribution in [0.5, 0.6) is 0 Å². The van der Waals surface area contributed by atoms with Crippen molar-refractivity contribution >= 4 is 5.97 Å². The smallest absolute Gasteiger partial charge is 0.303 e. The van der Waals surface area contributed by atoms with Gasteiger partial charge in [0.2, 0.25) is 0 Å². The van der Waals surface area contributed by atoms with Crippen LogP contribution in [0.4, 0.5) is 0 Å². The van der Waals surface area contributed by atoms with Gasteiger partial charge in [0.25, 0.3) is 0 Å². The van der Waals surface area contributed by atoms with Crippen molar-refractivity contribution in [3.8, 4) is 0 Å². The number of rotatable bonds is 6. The van der Waals surface area contributed by atoms with Gasteiger partial charge in [0, 0.05) is 37.6 Å². The molecular formula is C17H30N2O2. The molecule has 120 valence electrons. The van der Waals surface area contributed by atoms with E-state index in [1.807, 2.05) is 0 Å². The molecule has 0 radical (unpaired) electrons. The molecule has 4 nitrogen and oxygen atoms in total. The first-order valence-electron chi connectivity index (χ1n) is 8.92. The first-order chi connectivity index (χ1) is 10.2. The van der Waals surface area contributed by atoms with Gasteiger partial charge in [-0.25, -0.2) is 0 Å². The summed E-state index contributed by atoms with van der Waals surface area (Å²) in [6.45, 7) is 2.31. The molecular weight excluding hydrogens is 264 g/mol. The predicted molar refractivity (Wildman–Crippen MR) is 83.4 cm³/mol. The summed E-state index contributed by atoms with van der Waals surface area (Å²) in [7, 11) is 0. The van der Waals surface area contributed by atoms with Gasteiger partial charge in [-0.3, -0.25) is 9.69 Å². The highest BCUT2D eigenvalue weighted by Crippen LogP contribution is 2.31. The number of nitrogens with one attached hydrogen (secondary N) is 1. The van der Waals surface area contributed by atoms with Crippen molar-refractivity contribution in [1.29, 1.82) is 0 Å². The van der Waals surface area contributed by atoms with Gasteiger partial charge in [0.05, 0.1) is 0 Å². The molecule has 1 heterocycles. The van der Waals surface area contributed by atoms with E-state index in [0.717, 1.165) is 25.0 Å². The SMILES string of the molecule is O=C(O)CCC1CC(NC2CCCC2)CN(C2CCC2)C1. The number of carboxylic acid groups (broad SMARTS) is 1. The third-order valence-corrected chi connectivity index (χ3v) is 5.75. The van der Waals surface area contributed by atoms with Crippen LogP contribution in [0.25, 0.3) is 0 Å². The molecule has 3 aliphatic rings. The van der Waals surface area contributed by atoms with E-state index < -0.39 is 5.97 Å². The zero-order valence-electron chi connectivity index (χ0n) is 13.1. The second kappa shape index (κ2) is 7.10. The van der Waals surface area contributed by atoms with Gasteiger partial charge in [0.1, 0.15) is 0 Å². The van der Waals surface area contributed by atoms with Crippen LogP contribution in [0, 0.1) is 5.92 Å². The summed E-state index contributed by atoms with van der Waals surface area (Å²) in [4.78, 5) is 13.5. The van der Waals surface area contributed by atoms with Crippen LogP contribution in [0.15, 0.2) is 0 Å². The number of likely N-dealkylation sites (tertiary alicyclic amines) is 1. The minimum absolute atomic E-state index is 0.333. The highest BCUT2D eigenvalue weighted by atomic mass is 16.4. The fraction of sp³-hybridized carbons (Fsp3) is 0.941. The third kappa shape index (κ3) is 4.19. The Balaban J connectivity index is 1.54. The second-order valence-electron chi connectivity index (χ2n) is 7.42. The van der Waals surface area contributed by atoms with E-state index in [4.69, 9.17) is 5.11 Å². The Morgan fingerprint density at radius 2 is 1.81 bits per heavy atom. The summed E-state index contributed by atoms with van der Waals surface area (Å²) in [6, 6.07) is 2.09. The van der Waals surface area contributed by atoms with Crippen LogP contribution >= 0.6 is 0 Å². The number of hydrogen-bond acceptors (Lipinski definition) is 3. The lowest BCUT2D eigenvalue weighted by molar-refractivity contribution is -0.137. The first-order valence-corrected chi connectivity index (χ1v) is 8.92. The molecule has 0 bridgehead atoms. The Kier molecular flexibility index (Phi) is 5.17. The number of hydrogen-bond donors (Lipinski definition) is 2.